The number of rotatable bonds is 12. The van der Waals surface area contributed by atoms with Gasteiger partial charge in [-0.2, -0.15) is 0 Å². The first-order chi connectivity index (χ1) is 16.1. The molecule has 0 aliphatic carbocycles. The molecule has 0 radical (unpaired) electrons. The summed E-state index contributed by atoms with van der Waals surface area (Å²) in [6.07, 6.45) is 2.45. The van der Waals surface area contributed by atoms with Crippen molar-refractivity contribution in [1.29, 1.82) is 0 Å². The standard InChI is InChI=1S/C27H36N2O5/c1-17(2)26(31)33-23-12-11-21(16-24(23)34-27(32)18(3)4)13-14-29-19(5)9-10-20-7-6-8-22(15-20)25(28)30/h6-8,11-12,15-19,29H,9-10,13-14H2,1-5H3,(H2,28,30). The van der Waals surface area contributed by atoms with Gasteiger partial charge in [-0.3, -0.25) is 14.4 Å². The molecule has 2 rings (SSSR count). The van der Waals surface area contributed by atoms with Crippen LogP contribution in [0.2, 0.25) is 0 Å². The molecular formula is C27H36N2O5. The second kappa shape index (κ2) is 12.9. The van der Waals surface area contributed by atoms with Gasteiger partial charge in [-0.15, -0.1) is 0 Å². The summed E-state index contributed by atoms with van der Waals surface area (Å²) in [6.45, 7) is 9.84. The highest BCUT2D eigenvalue weighted by atomic mass is 16.6. The third-order valence-electron chi connectivity index (χ3n) is 5.36. The molecular weight excluding hydrogens is 432 g/mol. The summed E-state index contributed by atoms with van der Waals surface area (Å²) in [5.74, 6) is -1.28. The Bertz CT molecular complexity index is 1000. The van der Waals surface area contributed by atoms with Gasteiger partial charge >= 0.3 is 11.9 Å². The highest BCUT2D eigenvalue weighted by Crippen LogP contribution is 2.30. The Kier molecular flexibility index (Phi) is 10.3. The minimum absolute atomic E-state index is 0.246. The van der Waals surface area contributed by atoms with E-state index in [1.165, 1.54) is 0 Å². The van der Waals surface area contributed by atoms with E-state index < -0.39 is 5.91 Å². The number of hydrogen-bond acceptors (Lipinski definition) is 6. The SMILES string of the molecule is CC(CCc1cccc(C(N)=O)c1)NCCc1ccc(OC(=O)C(C)C)c(OC(=O)C(C)C)c1. The number of amides is 1. The van der Waals surface area contributed by atoms with Gasteiger partial charge in [0.25, 0.3) is 0 Å². The zero-order valence-electron chi connectivity index (χ0n) is 20.7. The average molecular weight is 469 g/mol. The highest BCUT2D eigenvalue weighted by Gasteiger charge is 2.18. The predicted octanol–water partition coefficient (Wildman–Crippen LogP) is 4.06. The smallest absolute Gasteiger partial charge is 0.313 e. The van der Waals surface area contributed by atoms with E-state index in [-0.39, 0.29) is 41.3 Å². The summed E-state index contributed by atoms with van der Waals surface area (Å²) in [4.78, 5) is 35.5. The topological polar surface area (TPSA) is 108 Å². The fraction of sp³-hybridized carbons (Fsp3) is 0.444. The fourth-order valence-electron chi connectivity index (χ4n) is 3.15. The molecule has 0 saturated heterocycles. The molecule has 0 saturated carbocycles. The van der Waals surface area contributed by atoms with Crippen LogP contribution < -0.4 is 20.5 Å². The van der Waals surface area contributed by atoms with Crippen LogP contribution in [-0.4, -0.2) is 30.4 Å². The lowest BCUT2D eigenvalue weighted by molar-refractivity contribution is -0.140. The van der Waals surface area contributed by atoms with Crippen LogP contribution in [0.5, 0.6) is 11.5 Å². The summed E-state index contributed by atoms with van der Waals surface area (Å²) in [5, 5.41) is 3.49. The van der Waals surface area contributed by atoms with Crippen molar-refractivity contribution in [2.75, 3.05) is 6.54 Å². The maximum Gasteiger partial charge on any atom is 0.313 e. The Morgan fingerprint density at radius 2 is 1.44 bits per heavy atom. The molecule has 0 spiro atoms. The molecule has 0 heterocycles. The first kappa shape index (κ1) is 27.1. The van der Waals surface area contributed by atoms with Crippen LogP contribution in [0.15, 0.2) is 42.5 Å². The van der Waals surface area contributed by atoms with E-state index in [9.17, 15) is 14.4 Å². The monoisotopic (exact) mass is 468 g/mol. The van der Waals surface area contributed by atoms with Gasteiger partial charge in [0, 0.05) is 11.6 Å². The predicted molar refractivity (Wildman–Crippen MR) is 132 cm³/mol. The van der Waals surface area contributed by atoms with Gasteiger partial charge in [-0.1, -0.05) is 45.9 Å². The van der Waals surface area contributed by atoms with E-state index in [0.717, 1.165) is 30.5 Å². The lowest BCUT2D eigenvalue weighted by Crippen LogP contribution is -2.28. The second-order valence-electron chi connectivity index (χ2n) is 9.14. The van der Waals surface area contributed by atoms with E-state index in [2.05, 4.69) is 12.2 Å². The molecule has 1 unspecified atom stereocenters. The van der Waals surface area contributed by atoms with Gasteiger partial charge in [-0.25, -0.2) is 0 Å². The number of esters is 2. The first-order valence-corrected chi connectivity index (χ1v) is 11.7. The van der Waals surface area contributed by atoms with Gasteiger partial charge < -0.3 is 20.5 Å². The molecule has 2 aromatic rings. The Morgan fingerprint density at radius 1 is 0.824 bits per heavy atom. The highest BCUT2D eigenvalue weighted by molar-refractivity contribution is 5.92. The van der Waals surface area contributed by atoms with E-state index in [1.54, 1.807) is 45.9 Å². The van der Waals surface area contributed by atoms with Crippen molar-refractivity contribution in [3.05, 3.63) is 59.2 Å². The second-order valence-corrected chi connectivity index (χ2v) is 9.14. The Balaban J connectivity index is 1.95. The third kappa shape index (κ3) is 8.63. The van der Waals surface area contributed by atoms with Crippen molar-refractivity contribution in [3.8, 4) is 11.5 Å². The van der Waals surface area contributed by atoms with E-state index in [4.69, 9.17) is 15.2 Å². The Labute approximate surface area is 202 Å². The normalized spacial score (nSPS) is 12.0. The molecule has 1 atom stereocenters. The molecule has 0 fully saturated rings. The number of hydrogen-bond donors (Lipinski definition) is 2. The molecule has 0 aliphatic heterocycles. The maximum atomic E-state index is 12.1. The number of primary amides is 1. The number of benzene rings is 2. The quantitative estimate of drug-likeness (QED) is 0.359. The Morgan fingerprint density at radius 3 is 2.06 bits per heavy atom. The van der Waals surface area contributed by atoms with Crippen molar-refractivity contribution in [3.63, 3.8) is 0 Å². The zero-order valence-corrected chi connectivity index (χ0v) is 20.7. The number of nitrogens with two attached hydrogens (primary N) is 1. The Hall–Kier alpha value is -3.19. The van der Waals surface area contributed by atoms with Crippen LogP contribution in [0.25, 0.3) is 0 Å². The van der Waals surface area contributed by atoms with Crippen molar-refractivity contribution in [1.82, 2.24) is 5.32 Å². The summed E-state index contributed by atoms with van der Waals surface area (Å²) in [6, 6.07) is 13.0. The number of carbonyl (C=O) groups is 3. The van der Waals surface area contributed by atoms with Crippen molar-refractivity contribution >= 4 is 17.8 Å². The zero-order chi connectivity index (χ0) is 25.3. The minimum Gasteiger partial charge on any atom is -0.422 e. The molecule has 0 aromatic heterocycles. The van der Waals surface area contributed by atoms with Crippen LogP contribution in [0.3, 0.4) is 0 Å². The molecule has 2 aromatic carbocycles. The molecule has 7 nitrogen and oxygen atoms in total. The molecule has 0 bridgehead atoms. The number of ether oxygens (including phenoxy) is 2. The molecule has 1 amide bonds. The van der Waals surface area contributed by atoms with E-state index in [0.29, 0.717) is 12.0 Å². The largest absolute Gasteiger partial charge is 0.422 e. The molecule has 184 valence electrons. The maximum absolute atomic E-state index is 12.1. The van der Waals surface area contributed by atoms with Crippen molar-refractivity contribution in [2.45, 2.75) is 59.9 Å². The first-order valence-electron chi connectivity index (χ1n) is 11.7. The molecule has 34 heavy (non-hydrogen) atoms. The number of aryl methyl sites for hydroxylation is 1. The number of carbonyl (C=O) groups excluding carboxylic acids is 3. The fourth-order valence-corrected chi connectivity index (χ4v) is 3.15. The third-order valence-corrected chi connectivity index (χ3v) is 5.36. The van der Waals surface area contributed by atoms with Gasteiger partial charge in [0.1, 0.15) is 0 Å². The van der Waals surface area contributed by atoms with Crippen LogP contribution in [0, 0.1) is 11.8 Å². The van der Waals surface area contributed by atoms with Gasteiger partial charge in [0.05, 0.1) is 11.8 Å². The summed E-state index contributed by atoms with van der Waals surface area (Å²) in [7, 11) is 0. The minimum atomic E-state index is -0.420. The molecule has 0 aliphatic rings. The van der Waals surface area contributed by atoms with E-state index in [1.807, 2.05) is 24.3 Å². The van der Waals surface area contributed by atoms with Crippen LogP contribution in [-0.2, 0) is 22.4 Å². The summed E-state index contributed by atoms with van der Waals surface area (Å²) < 4.78 is 10.9. The number of nitrogens with one attached hydrogen (secondary N) is 1. The van der Waals surface area contributed by atoms with Crippen LogP contribution >= 0.6 is 0 Å². The average Bonchev–Trinajstić information content (AvgIpc) is 2.79. The van der Waals surface area contributed by atoms with E-state index >= 15 is 0 Å². The van der Waals surface area contributed by atoms with Gasteiger partial charge in [0.2, 0.25) is 5.91 Å². The summed E-state index contributed by atoms with van der Waals surface area (Å²) >= 11 is 0. The van der Waals surface area contributed by atoms with Crippen molar-refractivity contribution in [2.24, 2.45) is 17.6 Å². The van der Waals surface area contributed by atoms with Crippen LogP contribution in [0.1, 0.15) is 62.5 Å². The lowest BCUT2D eigenvalue weighted by Gasteiger charge is -2.16. The molecule has 7 heteroatoms. The van der Waals surface area contributed by atoms with Gasteiger partial charge in [-0.05, 0) is 68.1 Å². The van der Waals surface area contributed by atoms with Crippen LogP contribution in [0.4, 0.5) is 0 Å². The lowest BCUT2D eigenvalue weighted by atomic mass is 10.0. The molecule has 3 N–H and O–H groups in total. The van der Waals surface area contributed by atoms with Gasteiger partial charge in [0.15, 0.2) is 11.5 Å². The van der Waals surface area contributed by atoms with Crippen molar-refractivity contribution < 1.29 is 23.9 Å². The summed E-state index contributed by atoms with van der Waals surface area (Å²) in [5.41, 5.74) is 7.92.